The molecule has 5 nitrogen and oxygen atoms in total. The van der Waals surface area contributed by atoms with Crippen molar-refractivity contribution in [2.45, 2.75) is 63.2 Å². The Labute approximate surface area is 157 Å². The number of ether oxygens (including phenoxy) is 3. The second-order valence-corrected chi connectivity index (χ2v) is 7.49. The van der Waals surface area contributed by atoms with E-state index in [-0.39, 0.29) is 12.2 Å². The number of likely N-dealkylation sites (tertiary alicyclic amines) is 1. The lowest BCUT2D eigenvalue weighted by Gasteiger charge is -2.33. The van der Waals surface area contributed by atoms with E-state index in [0.29, 0.717) is 12.6 Å². The minimum Gasteiger partial charge on any atom is -0.493 e. The number of aliphatic hydroxyl groups excluding tert-OH is 1. The van der Waals surface area contributed by atoms with Gasteiger partial charge in [0.05, 0.1) is 33.0 Å². The van der Waals surface area contributed by atoms with E-state index in [1.807, 2.05) is 12.1 Å². The van der Waals surface area contributed by atoms with Gasteiger partial charge in [-0.05, 0) is 43.4 Å². The lowest BCUT2D eigenvalue weighted by molar-refractivity contribution is -0.0138. The van der Waals surface area contributed by atoms with E-state index in [0.717, 1.165) is 43.9 Å². The zero-order chi connectivity index (χ0) is 18.4. The fourth-order valence-electron chi connectivity index (χ4n) is 4.30. The van der Waals surface area contributed by atoms with E-state index in [9.17, 15) is 5.11 Å². The second kappa shape index (κ2) is 9.58. The highest BCUT2D eigenvalue weighted by atomic mass is 16.5. The molecule has 0 aromatic heterocycles. The topological polar surface area (TPSA) is 51.2 Å². The largest absolute Gasteiger partial charge is 0.493 e. The van der Waals surface area contributed by atoms with E-state index in [2.05, 4.69) is 11.0 Å². The van der Waals surface area contributed by atoms with Crippen molar-refractivity contribution in [3.05, 3.63) is 23.8 Å². The molecule has 1 unspecified atom stereocenters. The van der Waals surface area contributed by atoms with Crippen LogP contribution in [0.15, 0.2) is 18.2 Å². The van der Waals surface area contributed by atoms with Gasteiger partial charge < -0.3 is 19.3 Å². The van der Waals surface area contributed by atoms with Crippen molar-refractivity contribution in [1.82, 2.24) is 4.90 Å². The molecule has 3 rings (SSSR count). The summed E-state index contributed by atoms with van der Waals surface area (Å²) in [5.41, 5.74) is 1.20. The van der Waals surface area contributed by atoms with Crippen LogP contribution in [-0.4, -0.2) is 62.2 Å². The predicted octanol–water partition coefficient (Wildman–Crippen LogP) is 3.03. The molecule has 2 fully saturated rings. The molecule has 0 radical (unpaired) electrons. The molecule has 2 aliphatic rings. The summed E-state index contributed by atoms with van der Waals surface area (Å²) < 4.78 is 17.1. The summed E-state index contributed by atoms with van der Waals surface area (Å²) in [5, 5.41) is 9.90. The average molecular weight is 363 g/mol. The zero-order valence-electron chi connectivity index (χ0n) is 16.2. The van der Waals surface area contributed by atoms with Gasteiger partial charge in [-0.1, -0.05) is 25.3 Å². The number of aliphatic hydroxyl groups is 1. The third-order valence-electron chi connectivity index (χ3n) is 5.75. The lowest BCUT2D eigenvalue weighted by atomic mass is 10.0. The Balaban J connectivity index is 1.56. The van der Waals surface area contributed by atoms with Gasteiger partial charge in [0.2, 0.25) is 0 Å². The van der Waals surface area contributed by atoms with E-state index in [1.54, 1.807) is 14.2 Å². The first-order chi connectivity index (χ1) is 12.7. The Morgan fingerprint density at radius 3 is 2.58 bits per heavy atom. The van der Waals surface area contributed by atoms with Crippen molar-refractivity contribution < 1.29 is 19.3 Å². The second-order valence-electron chi connectivity index (χ2n) is 7.49. The van der Waals surface area contributed by atoms with Gasteiger partial charge in [0, 0.05) is 19.1 Å². The maximum atomic E-state index is 9.90. The van der Waals surface area contributed by atoms with Gasteiger partial charge in [-0.25, -0.2) is 0 Å². The highest BCUT2D eigenvalue weighted by Gasteiger charge is 2.33. The zero-order valence-corrected chi connectivity index (χ0v) is 16.2. The van der Waals surface area contributed by atoms with Crippen LogP contribution in [0.1, 0.15) is 44.1 Å². The van der Waals surface area contributed by atoms with Gasteiger partial charge in [0.25, 0.3) is 0 Å². The molecule has 1 saturated heterocycles. The summed E-state index contributed by atoms with van der Waals surface area (Å²) in [4.78, 5) is 2.46. The maximum Gasteiger partial charge on any atom is 0.160 e. The Morgan fingerprint density at radius 1 is 1.04 bits per heavy atom. The lowest BCUT2D eigenvalue weighted by Crippen LogP contribution is -2.43. The molecule has 1 aromatic carbocycles. The van der Waals surface area contributed by atoms with Gasteiger partial charge in [0.1, 0.15) is 0 Å². The number of benzene rings is 1. The molecule has 5 heteroatoms. The van der Waals surface area contributed by atoms with E-state index in [1.165, 1.54) is 31.2 Å². The molecule has 0 amide bonds. The normalized spacial score (nSPS) is 27.3. The van der Waals surface area contributed by atoms with Crippen LogP contribution in [0.3, 0.4) is 0 Å². The summed E-state index contributed by atoms with van der Waals surface area (Å²) >= 11 is 0. The molecule has 1 aromatic rings. The molecule has 26 heavy (non-hydrogen) atoms. The highest BCUT2D eigenvalue weighted by molar-refractivity contribution is 5.42. The van der Waals surface area contributed by atoms with Crippen molar-refractivity contribution in [2.75, 3.05) is 33.9 Å². The summed E-state index contributed by atoms with van der Waals surface area (Å²) in [6.45, 7) is 2.52. The first kappa shape index (κ1) is 19.5. The number of methoxy groups -OCH3 is 2. The standard InChI is InChI=1S/C21H33NO4/c1-24-20-9-8-16(14-21(20)25-2)11-13-26-19-7-5-3-4-6-18(19)22-12-10-17(23)15-22/h8-9,14,17-19,23H,3-7,10-13,15H2,1-2H3/t17-,18+,19?/m0/s1. The van der Waals surface area contributed by atoms with Crippen LogP contribution in [0.2, 0.25) is 0 Å². The molecule has 1 aliphatic heterocycles. The van der Waals surface area contributed by atoms with Crippen LogP contribution in [0.25, 0.3) is 0 Å². The SMILES string of the molecule is COc1ccc(CCOC2CCCCC[C@H]2N2CC[C@H](O)C2)cc1OC. The van der Waals surface area contributed by atoms with Crippen LogP contribution in [0.5, 0.6) is 11.5 Å². The van der Waals surface area contributed by atoms with E-state index < -0.39 is 0 Å². The van der Waals surface area contributed by atoms with Gasteiger partial charge >= 0.3 is 0 Å². The Kier molecular flexibility index (Phi) is 7.17. The van der Waals surface area contributed by atoms with Crippen molar-refractivity contribution in [1.29, 1.82) is 0 Å². The molecule has 1 saturated carbocycles. The van der Waals surface area contributed by atoms with Crippen LogP contribution in [0, 0.1) is 0 Å². The Morgan fingerprint density at radius 2 is 1.85 bits per heavy atom. The predicted molar refractivity (Wildman–Crippen MR) is 102 cm³/mol. The fourth-order valence-corrected chi connectivity index (χ4v) is 4.30. The third-order valence-corrected chi connectivity index (χ3v) is 5.75. The molecular formula is C21H33NO4. The smallest absolute Gasteiger partial charge is 0.160 e. The quantitative estimate of drug-likeness (QED) is 0.755. The van der Waals surface area contributed by atoms with Gasteiger partial charge in [-0.2, -0.15) is 0 Å². The third kappa shape index (κ3) is 4.90. The summed E-state index contributed by atoms with van der Waals surface area (Å²) in [7, 11) is 3.32. The molecule has 1 aliphatic carbocycles. The molecule has 0 spiro atoms. The Hall–Kier alpha value is -1.30. The molecule has 0 bridgehead atoms. The number of rotatable bonds is 7. The maximum absolute atomic E-state index is 9.90. The molecule has 146 valence electrons. The first-order valence-corrected chi connectivity index (χ1v) is 9.96. The van der Waals surface area contributed by atoms with Crippen molar-refractivity contribution in [3.63, 3.8) is 0 Å². The summed E-state index contributed by atoms with van der Waals surface area (Å²) in [6.07, 6.45) is 8.01. The minimum absolute atomic E-state index is 0.161. The monoisotopic (exact) mass is 363 g/mol. The van der Waals surface area contributed by atoms with E-state index >= 15 is 0 Å². The van der Waals surface area contributed by atoms with Crippen molar-refractivity contribution in [2.24, 2.45) is 0 Å². The van der Waals surface area contributed by atoms with Crippen LogP contribution in [0.4, 0.5) is 0 Å². The number of hydrogen-bond acceptors (Lipinski definition) is 5. The van der Waals surface area contributed by atoms with Crippen molar-refractivity contribution >= 4 is 0 Å². The van der Waals surface area contributed by atoms with Crippen LogP contribution >= 0.6 is 0 Å². The van der Waals surface area contributed by atoms with Gasteiger partial charge in [0.15, 0.2) is 11.5 Å². The fraction of sp³-hybridized carbons (Fsp3) is 0.714. The number of hydrogen-bond donors (Lipinski definition) is 1. The Bertz CT molecular complexity index is 565. The molecule has 3 atom stereocenters. The molecule has 1 heterocycles. The van der Waals surface area contributed by atoms with Gasteiger partial charge in [-0.3, -0.25) is 4.90 Å². The summed E-state index contributed by atoms with van der Waals surface area (Å²) in [6, 6.07) is 6.52. The minimum atomic E-state index is -0.161. The number of nitrogens with zero attached hydrogens (tertiary/aromatic N) is 1. The van der Waals surface area contributed by atoms with Crippen LogP contribution < -0.4 is 9.47 Å². The molecule has 1 N–H and O–H groups in total. The average Bonchev–Trinajstić information content (AvgIpc) is 2.95. The summed E-state index contributed by atoms with van der Waals surface area (Å²) in [5.74, 6) is 1.52. The molecular weight excluding hydrogens is 330 g/mol. The van der Waals surface area contributed by atoms with Crippen molar-refractivity contribution in [3.8, 4) is 11.5 Å². The highest BCUT2D eigenvalue weighted by Crippen LogP contribution is 2.29. The van der Waals surface area contributed by atoms with E-state index in [4.69, 9.17) is 14.2 Å². The van der Waals surface area contributed by atoms with Crippen LogP contribution in [-0.2, 0) is 11.2 Å². The van der Waals surface area contributed by atoms with Gasteiger partial charge in [-0.15, -0.1) is 0 Å². The number of β-amino-alcohol motifs (C(OH)–C–C–N with tert-alkyl or cyclic N) is 1. The first-order valence-electron chi connectivity index (χ1n) is 9.96.